The zero-order valence-corrected chi connectivity index (χ0v) is 22.8. The van der Waals surface area contributed by atoms with Crippen molar-refractivity contribution in [2.75, 3.05) is 14.7 Å². The summed E-state index contributed by atoms with van der Waals surface area (Å²) in [6.07, 6.45) is 17.7. The Hall–Kier alpha value is -4.96. The van der Waals surface area contributed by atoms with Gasteiger partial charge in [0.1, 0.15) is 0 Å². The Bertz CT molecular complexity index is 1970. The molecule has 1 aromatic heterocycles. The van der Waals surface area contributed by atoms with Crippen molar-refractivity contribution in [1.29, 1.82) is 0 Å². The molecule has 198 valence electrons. The number of hydrogen-bond donors (Lipinski definition) is 0. The van der Waals surface area contributed by atoms with Crippen molar-refractivity contribution in [1.82, 2.24) is 4.57 Å². The summed E-state index contributed by atoms with van der Waals surface area (Å²) in [7, 11) is 0. The molecule has 1 unspecified atom stereocenters. The number of para-hydroxylation sites is 5. The molecule has 3 heterocycles. The van der Waals surface area contributed by atoms with Gasteiger partial charge in [-0.05, 0) is 74.2 Å². The van der Waals surface area contributed by atoms with Gasteiger partial charge < -0.3 is 0 Å². The van der Waals surface area contributed by atoms with Crippen molar-refractivity contribution < 1.29 is 0 Å². The molecule has 5 aromatic rings. The van der Waals surface area contributed by atoms with E-state index in [1.165, 1.54) is 55.9 Å². The zero-order valence-electron chi connectivity index (χ0n) is 22.8. The van der Waals surface area contributed by atoms with Gasteiger partial charge in [-0.25, -0.2) is 0 Å². The number of rotatable bonds is 3. The summed E-state index contributed by atoms with van der Waals surface area (Å²) in [5, 5.41) is 2.59. The summed E-state index contributed by atoms with van der Waals surface area (Å²) in [5.74, 6) is -0.732. The topological polar surface area (TPSA) is 14.7 Å². The van der Waals surface area contributed by atoms with E-state index in [0.29, 0.717) is 0 Å². The highest BCUT2D eigenvalue weighted by molar-refractivity contribution is 6.15. The van der Waals surface area contributed by atoms with E-state index in [-0.39, 0.29) is 0 Å². The molecule has 4 aliphatic rings. The molecule has 1 spiro atoms. The minimum atomic E-state index is -0.732. The molecule has 0 fully saturated rings. The Morgan fingerprint density at radius 1 is 0.512 bits per heavy atom. The summed E-state index contributed by atoms with van der Waals surface area (Å²) in [6, 6.07) is 35.7. The summed E-state index contributed by atoms with van der Waals surface area (Å²) in [6.45, 7) is 0. The van der Waals surface area contributed by atoms with Crippen LogP contribution in [0.5, 0.6) is 0 Å². The first-order valence-electron chi connectivity index (χ1n) is 14.7. The van der Waals surface area contributed by atoms with E-state index in [1.54, 1.807) is 0 Å². The van der Waals surface area contributed by atoms with Crippen molar-refractivity contribution >= 4 is 44.6 Å². The lowest BCUT2D eigenvalue weighted by Crippen LogP contribution is -2.65. The van der Waals surface area contributed by atoms with Crippen LogP contribution in [0, 0.1) is 0 Å². The normalized spacial score (nSPS) is 20.8. The van der Waals surface area contributed by atoms with Gasteiger partial charge in [-0.2, -0.15) is 0 Å². The van der Waals surface area contributed by atoms with Gasteiger partial charge in [-0.15, -0.1) is 0 Å². The van der Waals surface area contributed by atoms with Gasteiger partial charge in [-0.1, -0.05) is 85.0 Å². The molecule has 0 bridgehead atoms. The van der Waals surface area contributed by atoms with E-state index >= 15 is 0 Å². The number of nitrogens with zero attached hydrogens (tertiary/aromatic N) is 4. The predicted octanol–water partition coefficient (Wildman–Crippen LogP) is 9.31. The minimum absolute atomic E-state index is 0.732. The smallest absolute Gasteiger partial charge is 0.284 e. The molecule has 4 nitrogen and oxygen atoms in total. The number of fused-ring (bicyclic) bond motifs is 5. The van der Waals surface area contributed by atoms with Crippen LogP contribution in [-0.2, 0) is 5.91 Å². The average molecular weight is 531 g/mol. The Balaban J connectivity index is 1.50. The van der Waals surface area contributed by atoms with E-state index in [0.717, 1.165) is 25.7 Å². The third-order valence-electron chi connectivity index (χ3n) is 9.05. The van der Waals surface area contributed by atoms with Crippen LogP contribution in [0.15, 0.2) is 145 Å². The first kappa shape index (κ1) is 22.8. The Morgan fingerprint density at radius 3 is 1.80 bits per heavy atom. The Morgan fingerprint density at radius 2 is 1.10 bits per heavy atom. The summed E-state index contributed by atoms with van der Waals surface area (Å²) in [5.41, 5.74) is 10.1. The molecule has 0 amide bonds. The zero-order chi connectivity index (χ0) is 27.0. The first-order chi connectivity index (χ1) is 20.4. The van der Waals surface area contributed by atoms with Crippen molar-refractivity contribution in [2.24, 2.45) is 0 Å². The van der Waals surface area contributed by atoms with Crippen LogP contribution in [0.3, 0.4) is 0 Å². The van der Waals surface area contributed by atoms with Gasteiger partial charge in [0.05, 0.1) is 28.1 Å². The van der Waals surface area contributed by atoms with Crippen molar-refractivity contribution in [3.63, 3.8) is 0 Å². The average Bonchev–Trinajstić information content (AvgIpc) is 3.65. The molecular formula is C37H30N4. The van der Waals surface area contributed by atoms with Crippen LogP contribution in [0.4, 0.5) is 22.7 Å². The second-order valence-corrected chi connectivity index (χ2v) is 11.2. The van der Waals surface area contributed by atoms with Gasteiger partial charge in [0, 0.05) is 27.9 Å². The van der Waals surface area contributed by atoms with Crippen LogP contribution < -0.4 is 14.7 Å². The number of allylic oxidation sites excluding steroid dienone is 8. The van der Waals surface area contributed by atoms with Gasteiger partial charge in [-0.3, -0.25) is 19.3 Å². The maximum absolute atomic E-state index is 2.65. The Kier molecular flexibility index (Phi) is 4.74. The first-order valence-corrected chi connectivity index (χ1v) is 14.7. The molecule has 4 heteroatoms. The van der Waals surface area contributed by atoms with Crippen LogP contribution >= 0.6 is 0 Å². The largest absolute Gasteiger partial charge is 0.295 e. The molecule has 2 aliphatic heterocycles. The third-order valence-corrected chi connectivity index (χ3v) is 9.05. The molecule has 9 rings (SSSR count). The summed E-state index contributed by atoms with van der Waals surface area (Å²) < 4.78 is 2.64. The fourth-order valence-corrected chi connectivity index (χ4v) is 7.56. The standard InChI is InChI=1S/C37H30N4/c1-4-15-27(16-5-1)38-33-24-12-13-25-34(33)39(28-17-6-2-7-18-28)37(38)40(29-19-8-3-9-20-29)35-26-14-22-31-30-21-10-11-23-32(30)41(37)36(31)35/h1-6,8,10-17,19,21-26H,7,9,18,20H2. The number of hydrogen-bond acceptors (Lipinski definition) is 3. The monoisotopic (exact) mass is 530 g/mol. The third kappa shape index (κ3) is 2.89. The second kappa shape index (κ2) is 8.52. The molecule has 0 saturated heterocycles. The van der Waals surface area contributed by atoms with Crippen LogP contribution in [-0.4, -0.2) is 4.57 Å². The summed E-state index contributed by atoms with van der Waals surface area (Å²) in [4.78, 5) is 7.88. The van der Waals surface area contributed by atoms with Gasteiger partial charge in [0.15, 0.2) is 0 Å². The molecule has 2 aliphatic carbocycles. The van der Waals surface area contributed by atoms with Gasteiger partial charge >= 0.3 is 0 Å². The fraction of sp³-hybridized carbons (Fsp3) is 0.135. The number of aromatic nitrogens is 1. The molecule has 41 heavy (non-hydrogen) atoms. The Labute approximate surface area is 240 Å². The number of anilines is 4. The molecule has 1 atom stereocenters. The maximum atomic E-state index is 2.65. The maximum Gasteiger partial charge on any atom is 0.295 e. The van der Waals surface area contributed by atoms with E-state index in [4.69, 9.17) is 0 Å². The van der Waals surface area contributed by atoms with Gasteiger partial charge in [0.25, 0.3) is 5.91 Å². The van der Waals surface area contributed by atoms with E-state index in [9.17, 15) is 0 Å². The highest BCUT2D eigenvalue weighted by atomic mass is 15.7. The van der Waals surface area contributed by atoms with Crippen LogP contribution in [0.1, 0.15) is 25.7 Å². The van der Waals surface area contributed by atoms with Gasteiger partial charge in [0.2, 0.25) is 0 Å². The minimum Gasteiger partial charge on any atom is -0.284 e. The molecular weight excluding hydrogens is 500 g/mol. The molecule has 0 radical (unpaired) electrons. The SMILES string of the molecule is C1=CCCC(N2c3ccccc3N(c3ccccc3)C23N(C2=CC=CCC2)c2cccc4c5ccccc5n3c24)=C1. The van der Waals surface area contributed by atoms with Crippen LogP contribution in [0.25, 0.3) is 21.8 Å². The molecule has 4 aromatic carbocycles. The van der Waals surface area contributed by atoms with Crippen molar-refractivity contribution in [3.8, 4) is 0 Å². The predicted molar refractivity (Wildman–Crippen MR) is 170 cm³/mol. The quantitative estimate of drug-likeness (QED) is 0.231. The van der Waals surface area contributed by atoms with Crippen molar-refractivity contribution in [2.45, 2.75) is 31.6 Å². The van der Waals surface area contributed by atoms with E-state index in [2.05, 4.69) is 153 Å². The van der Waals surface area contributed by atoms with E-state index in [1.807, 2.05) is 0 Å². The molecule has 0 saturated carbocycles. The number of benzene rings is 4. The highest BCUT2D eigenvalue weighted by Gasteiger charge is 2.62. The van der Waals surface area contributed by atoms with E-state index < -0.39 is 5.91 Å². The lowest BCUT2D eigenvalue weighted by molar-refractivity contribution is 0.331. The highest BCUT2D eigenvalue weighted by Crippen LogP contribution is 2.62. The van der Waals surface area contributed by atoms with Crippen LogP contribution in [0.2, 0.25) is 0 Å². The lowest BCUT2D eigenvalue weighted by atomic mass is 10.1. The fourth-order valence-electron chi connectivity index (χ4n) is 7.56. The lowest BCUT2D eigenvalue weighted by Gasteiger charge is -2.51. The van der Waals surface area contributed by atoms with Crippen molar-refractivity contribution in [3.05, 3.63) is 145 Å². The summed E-state index contributed by atoms with van der Waals surface area (Å²) >= 11 is 0. The second-order valence-electron chi connectivity index (χ2n) is 11.2. The molecule has 0 N–H and O–H groups in total.